The van der Waals surface area contributed by atoms with Gasteiger partial charge in [-0.1, -0.05) is 12.1 Å². The van der Waals surface area contributed by atoms with Crippen LogP contribution < -0.4 is 5.56 Å². The van der Waals surface area contributed by atoms with Gasteiger partial charge in [-0.05, 0) is 24.6 Å². The van der Waals surface area contributed by atoms with Crippen molar-refractivity contribution in [2.24, 2.45) is 0 Å². The van der Waals surface area contributed by atoms with Crippen LogP contribution in [0.4, 0.5) is 0 Å². The Morgan fingerprint density at radius 1 is 1.43 bits per heavy atom. The standard InChI is InChI=1S/C16H13N3O3S/c1-10-13(5-4-11-3-2-6-17-8-11)18-16-19(15(10)22)12(9-23-16)7-14(20)21/h2-6,8-9H,7H2,1H3,(H,20,21)/b5-4+. The lowest BCUT2D eigenvalue weighted by Crippen LogP contribution is -2.21. The quantitative estimate of drug-likeness (QED) is 0.794. The van der Waals surface area contributed by atoms with Crippen molar-refractivity contribution in [3.63, 3.8) is 0 Å². The first-order valence-corrected chi connectivity index (χ1v) is 7.74. The van der Waals surface area contributed by atoms with E-state index < -0.39 is 5.97 Å². The number of carboxylic acids is 1. The highest BCUT2D eigenvalue weighted by Crippen LogP contribution is 2.16. The van der Waals surface area contributed by atoms with E-state index in [1.165, 1.54) is 15.7 Å². The van der Waals surface area contributed by atoms with Crippen molar-refractivity contribution in [1.82, 2.24) is 14.4 Å². The normalized spacial score (nSPS) is 11.3. The van der Waals surface area contributed by atoms with E-state index in [0.29, 0.717) is 21.9 Å². The molecule has 6 nitrogen and oxygen atoms in total. The Balaban J connectivity index is 2.07. The molecule has 0 saturated carbocycles. The van der Waals surface area contributed by atoms with Crippen LogP contribution in [-0.4, -0.2) is 25.4 Å². The van der Waals surface area contributed by atoms with E-state index >= 15 is 0 Å². The Morgan fingerprint density at radius 2 is 2.26 bits per heavy atom. The number of pyridine rings is 1. The largest absolute Gasteiger partial charge is 0.481 e. The molecule has 3 heterocycles. The Kier molecular flexibility index (Phi) is 4.03. The number of thiazole rings is 1. The zero-order valence-corrected chi connectivity index (χ0v) is 13.1. The zero-order chi connectivity index (χ0) is 16.4. The smallest absolute Gasteiger partial charge is 0.309 e. The second kappa shape index (κ2) is 6.13. The van der Waals surface area contributed by atoms with E-state index in [1.807, 2.05) is 18.2 Å². The van der Waals surface area contributed by atoms with E-state index in [2.05, 4.69) is 9.97 Å². The van der Waals surface area contributed by atoms with E-state index in [1.54, 1.807) is 30.8 Å². The maximum Gasteiger partial charge on any atom is 0.309 e. The van der Waals surface area contributed by atoms with Crippen molar-refractivity contribution >= 4 is 34.4 Å². The summed E-state index contributed by atoms with van der Waals surface area (Å²) in [7, 11) is 0. The van der Waals surface area contributed by atoms with Crippen LogP contribution in [0.5, 0.6) is 0 Å². The molecule has 3 aromatic heterocycles. The summed E-state index contributed by atoms with van der Waals surface area (Å²) in [6.45, 7) is 1.69. The van der Waals surface area contributed by atoms with Gasteiger partial charge in [-0.25, -0.2) is 4.98 Å². The molecule has 0 bridgehead atoms. The van der Waals surface area contributed by atoms with Gasteiger partial charge in [0.25, 0.3) is 5.56 Å². The number of hydrogen-bond donors (Lipinski definition) is 1. The van der Waals surface area contributed by atoms with Crippen LogP contribution in [0.2, 0.25) is 0 Å². The lowest BCUT2D eigenvalue weighted by molar-refractivity contribution is -0.136. The third kappa shape index (κ3) is 3.04. The minimum atomic E-state index is -0.977. The average Bonchev–Trinajstić information content (AvgIpc) is 2.92. The summed E-state index contributed by atoms with van der Waals surface area (Å²) in [6.07, 6.45) is 6.81. The van der Waals surface area contributed by atoms with Crippen molar-refractivity contribution in [3.05, 3.63) is 62.8 Å². The SMILES string of the molecule is Cc1c(/C=C/c2cccnc2)nc2scc(CC(=O)O)n2c1=O. The molecule has 3 rings (SSSR count). The van der Waals surface area contributed by atoms with Crippen molar-refractivity contribution in [3.8, 4) is 0 Å². The zero-order valence-electron chi connectivity index (χ0n) is 12.3. The fraction of sp³-hybridized carbons (Fsp3) is 0.125. The van der Waals surface area contributed by atoms with Gasteiger partial charge in [-0.2, -0.15) is 0 Å². The van der Waals surface area contributed by atoms with Gasteiger partial charge in [0.05, 0.1) is 12.1 Å². The topological polar surface area (TPSA) is 84.6 Å². The van der Waals surface area contributed by atoms with Crippen molar-refractivity contribution in [1.29, 1.82) is 0 Å². The molecular formula is C16H13N3O3S. The summed E-state index contributed by atoms with van der Waals surface area (Å²) in [4.78, 5) is 32.4. The molecule has 0 radical (unpaired) electrons. The number of carbonyl (C=O) groups is 1. The fourth-order valence-electron chi connectivity index (χ4n) is 2.19. The van der Waals surface area contributed by atoms with Gasteiger partial charge in [0.2, 0.25) is 0 Å². The van der Waals surface area contributed by atoms with Crippen LogP contribution in [0.1, 0.15) is 22.5 Å². The summed E-state index contributed by atoms with van der Waals surface area (Å²) in [5.41, 5.74) is 2.17. The monoisotopic (exact) mass is 327 g/mol. The maximum atomic E-state index is 12.5. The Labute approximate surface area is 135 Å². The van der Waals surface area contributed by atoms with E-state index in [-0.39, 0.29) is 12.0 Å². The summed E-state index contributed by atoms with van der Waals surface area (Å²) in [5.74, 6) is -0.977. The number of aliphatic carboxylic acids is 1. The number of carboxylic acid groups (broad SMARTS) is 1. The Hall–Kier alpha value is -2.80. The van der Waals surface area contributed by atoms with Crippen molar-refractivity contribution < 1.29 is 9.90 Å². The van der Waals surface area contributed by atoms with Crippen LogP contribution >= 0.6 is 11.3 Å². The fourth-order valence-corrected chi connectivity index (χ4v) is 3.08. The molecule has 116 valence electrons. The highest BCUT2D eigenvalue weighted by Gasteiger charge is 2.14. The number of hydrogen-bond acceptors (Lipinski definition) is 5. The summed E-state index contributed by atoms with van der Waals surface area (Å²) >= 11 is 1.26. The molecule has 0 atom stereocenters. The molecule has 0 saturated heterocycles. The molecule has 23 heavy (non-hydrogen) atoms. The summed E-state index contributed by atoms with van der Waals surface area (Å²) < 4.78 is 1.37. The molecule has 0 aromatic carbocycles. The van der Waals surface area contributed by atoms with Crippen LogP contribution in [0.15, 0.2) is 34.7 Å². The first-order chi connectivity index (χ1) is 11.1. The average molecular weight is 327 g/mol. The molecule has 1 N–H and O–H groups in total. The van der Waals surface area contributed by atoms with Gasteiger partial charge in [-0.15, -0.1) is 11.3 Å². The molecule has 0 amide bonds. The minimum Gasteiger partial charge on any atom is -0.481 e. The molecule has 3 aromatic rings. The van der Waals surface area contributed by atoms with Crippen LogP contribution in [0, 0.1) is 6.92 Å². The van der Waals surface area contributed by atoms with Crippen LogP contribution in [0.25, 0.3) is 17.1 Å². The van der Waals surface area contributed by atoms with Crippen molar-refractivity contribution in [2.45, 2.75) is 13.3 Å². The van der Waals surface area contributed by atoms with Gasteiger partial charge in [0.1, 0.15) is 0 Å². The number of nitrogens with zero attached hydrogens (tertiary/aromatic N) is 3. The molecule has 0 aliphatic rings. The van der Waals surface area contributed by atoms with Gasteiger partial charge in [0, 0.05) is 29.0 Å². The third-order valence-electron chi connectivity index (χ3n) is 3.35. The second-order valence-corrected chi connectivity index (χ2v) is 5.80. The molecule has 0 aliphatic carbocycles. The number of aromatic nitrogens is 3. The van der Waals surface area contributed by atoms with E-state index in [9.17, 15) is 9.59 Å². The Morgan fingerprint density at radius 3 is 2.96 bits per heavy atom. The third-order valence-corrected chi connectivity index (χ3v) is 4.23. The highest BCUT2D eigenvalue weighted by atomic mass is 32.1. The highest BCUT2D eigenvalue weighted by molar-refractivity contribution is 7.15. The minimum absolute atomic E-state index is 0.202. The van der Waals surface area contributed by atoms with Crippen LogP contribution in [0.3, 0.4) is 0 Å². The van der Waals surface area contributed by atoms with E-state index in [0.717, 1.165) is 5.56 Å². The van der Waals surface area contributed by atoms with Gasteiger partial charge in [0.15, 0.2) is 4.96 Å². The van der Waals surface area contributed by atoms with Gasteiger partial charge in [-0.3, -0.25) is 19.0 Å². The molecule has 0 unspecified atom stereocenters. The maximum absolute atomic E-state index is 12.5. The summed E-state index contributed by atoms with van der Waals surface area (Å²) in [5, 5.41) is 10.6. The number of fused-ring (bicyclic) bond motifs is 1. The van der Waals surface area contributed by atoms with E-state index in [4.69, 9.17) is 5.11 Å². The predicted octanol–water partition coefficient (Wildman–Crippen LogP) is 2.26. The van der Waals surface area contributed by atoms with Crippen molar-refractivity contribution in [2.75, 3.05) is 0 Å². The first-order valence-electron chi connectivity index (χ1n) is 6.86. The van der Waals surface area contributed by atoms with Gasteiger partial charge >= 0.3 is 5.97 Å². The molecule has 0 fully saturated rings. The lowest BCUT2D eigenvalue weighted by atomic mass is 10.2. The first kappa shape index (κ1) is 15.1. The molecule has 0 aliphatic heterocycles. The predicted molar refractivity (Wildman–Crippen MR) is 88.6 cm³/mol. The number of rotatable bonds is 4. The summed E-state index contributed by atoms with van der Waals surface area (Å²) in [6, 6.07) is 3.73. The lowest BCUT2D eigenvalue weighted by Gasteiger charge is -2.03. The molecule has 0 spiro atoms. The Bertz CT molecular complexity index is 958. The second-order valence-electron chi connectivity index (χ2n) is 4.96. The molecule has 7 heteroatoms. The van der Waals surface area contributed by atoms with Crippen LogP contribution in [-0.2, 0) is 11.2 Å². The molecular weight excluding hydrogens is 314 g/mol. The van der Waals surface area contributed by atoms with Gasteiger partial charge < -0.3 is 5.11 Å².